The van der Waals surface area contributed by atoms with E-state index in [1.807, 2.05) is 12.2 Å². The minimum Gasteiger partial charge on any atom is -0.481 e. The number of carboxylic acid groups (broad SMARTS) is 1. The second-order valence-electron chi connectivity index (χ2n) is 9.73. The Kier molecular flexibility index (Phi) is 4.76. The molecule has 1 saturated carbocycles. The lowest BCUT2D eigenvalue weighted by atomic mass is 9.76. The van der Waals surface area contributed by atoms with Crippen molar-refractivity contribution in [2.75, 3.05) is 26.7 Å². The average Bonchev–Trinajstić information content (AvgIpc) is 3.09. The highest BCUT2D eigenvalue weighted by atomic mass is 19.1. The van der Waals surface area contributed by atoms with Gasteiger partial charge in [0.25, 0.3) is 0 Å². The van der Waals surface area contributed by atoms with E-state index in [1.54, 1.807) is 12.1 Å². The molecule has 0 radical (unpaired) electrons. The summed E-state index contributed by atoms with van der Waals surface area (Å²) in [5.41, 5.74) is 11.4. The van der Waals surface area contributed by atoms with E-state index < -0.39 is 5.97 Å². The summed E-state index contributed by atoms with van der Waals surface area (Å²) in [7, 11) is 2.06. The number of nitrogens with one attached hydrogen (secondary N) is 1. The molecule has 0 bridgehead atoms. The maximum atomic E-state index is 14.5. The van der Waals surface area contributed by atoms with Crippen molar-refractivity contribution in [3.63, 3.8) is 0 Å². The first-order chi connectivity index (χ1) is 16.0. The van der Waals surface area contributed by atoms with E-state index in [2.05, 4.69) is 39.7 Å². The van der Waals surface area contributed by atoms with E-state index >= 15 is 0 Å². The van der Waals surface area contributed by atoms with Gasteiger partial charge in [-0.2, -0.15) is 5.10 Å². The number of hydrogen-bond donors (Lipinski definition) is 2. The Bertz CT molecular complexity index is 1200. The summed E-state index contributed by atoms with van der Waals surface area (Å²) in [4.78, 5) is 15.6. The maximum Gasteiger partial charge on any atom is 0.303 e. The van der Waals surface area contributed by atoms with E-state index in [4.69, 9.17) is 5.11 Å². The number of hydrazone groups is 1. The van der Waals surface area contributed by atoms with Crippen LogP contribution in [0, 0.1) is 11.7 Å². The molecule has 0 unspecified atom stereocenters. The SMILES string of the molecule is CN1C=C2C(=C(C3=CCN(C4CC(CC(=O)O)C4)CC3)C1)NN=C1C=Cc3cc(F)cc2c31. The zero-order valence-electron chi connectivity index (χ0n) is 18.6. The molecule has 0 saturated heterocycles. The zero-order valence-corrected chi connectivity index (χ0v) is 18.6. The Morgan fingerprint density at radius 2 is 2.15 bits per heavy atom. The van der Waals surface area contributed by atoms with Gasteiger partial charge in [0, 0.05) is 62.1 Å². The number of halogens is 1. The third-order valence-electron chi connectivity index (χ3n) is 7.54. The fourth-order valence-corrected chi connectivity index (χ4v) is 5.84. The highest BCUT2D eigenvalue weighted by Crippen LogP contribution is 2.40. The number of aliphatic carboxylic acids is 1. The first-order valence-corrected chi connectivity index (χ1v) is 11.6. The number of carboxylic acids is 1. The summed E-state index contributed by atoms with van der Waals surface area (Å²) >= 11 is 0. The summed E-state index contributed by atoms with van der Waals surface area (Å²) in [6.07, 6.45) is 11.5. The average molecular weight is 447 g/mol. The van der Waals surface area contributed by atoms with Gasteiger partial charge in [0.1, 0.15) is 5.82 Å². The topological polar surface area (TPSA) is 68.2 Å². The van der Waals surface area contributed by atoms with Gasteiger partial charge < -0.3 is 10.0 Å². The molecule has 0 aromatic heterocycles. The molecule has 0 amide bonds. The van der Waals surface area contributed by atoms with Gasteiger partial charge in [-0.25, -0.2) is 4.39 Å². The number of nitrogens with zero attached hydrogens (tertiary/aromatic N) is 3. The van der Waals surface area contributed by atoms with Crippen LogP contribution in [0.15, 0.2) is 52.4 Å². The van der Waals surface area contributed by atoms with E-state index in [0.29, 0.717) is 12.0 Å². The summed E-state index contributed by atoms with van der Waals surface area (Å²) in [6.45, 7) is 2.63. The van der Waals surface area contributed by atoms with E-state index in [1.165, 1.54) is 11.1 Å². The summed E-state index contributed by atoms with van der Waals surface area (Å²) in [6, 6.07) is 3.69. The predicted molar refractivity (Wildman–Crippen MR) is 126 cm³/mol. The Labute approximate surface area is 192 Å². The van der Waals surface area contributed by atoms with Crippen molar-refractivity contribution in [2.24, 2.45) is 11.0 Å². The Morgan fingerprint density at radius 3 is 2.91 bits per heavy atom. The Hall–Kier alpha value is -3.19. The van der Waals surface area contributed by atoms with Crippen LogP contribution in [0.2, 0.25) is 0 Å². The number of fused-ring (bicyclic) bond motifs is 2. The molecule has 3 heterocycles. The second-order valence-corrected chi connectivity index (χ2v) is 9.73. The monoisotopic (exact) mass is 446 g/mol. The predicted octanol–water partition coefficient (Wildman–Crippen LogP) is 3.59. The molecule has 7 heteroatoms. The lowest BCUT2D eigenvalue weighted by molar-refractivity contribution is -0.139. The molecule has 0 atom stereocenters. The van der Waals surface area contributed by atoms with Crippen LogP contribution in [0.5, 0.6) is 0 Å². The fourth-order valence-electron chi connectivity index (χ4n) is 5.84. The van der Waals surface area contributed by atoms with E-state index in [-0.39, 0.29) is 12.2 Å². The van der Waals surface area contributed by atoms with E-state index in [0.717, 1.165) is 72.6 Å². The van der Waals surface area contributed by atoms with Crippen LogP contribution >= 0.6 is 0 Å². The standard InChI is InChI=1S/C26H27FN4O2/c1-30-13-21(16-4-6-31(7-5-16)19-8-15(9-19)10-24(32)33)26-22(14-30)20-12-18(27)11-17-2-3-23(25(17)20)28-29-26/h2-4,11-12,14-15,19,29H,5-10,13H2,1H3,(H,32,33). The lowest BCUT2D eigenvalue weighted by Crippen LogP contribution is -2.47. The largest absolute Gasteiger partial charge is 0.481 e. The van der Waals surface area contributed by atoms with Crippen LogP contribution in [0.3, 0.4) is 0 Å². The molecule has 2 aliphatic carbocycles. The summed E-state index contributed by atoms with van der Waals surface area (Å²) in [5, 5.41) is 13.7. The number of rotatable bonds is 4. The second kappa shape index (κ2) is 7.70. The third kappa shape index (κ3) is 3.51. The van der Waals surface area contributed by atoms with Crippen molar-refractivity contribution < 1.29 is 14.3 Å². The molecule has 1 fully saturated rings. The van der Waals surface area contributed by atoms with Gasteiger partial charge in [0.2, 0.25) is 0 Å². The molecule has 2 N–H and O–H groups in total. The van der Waals surface area contributed by atoms with Gasteiger partial charge in [0.05, 0.1) is 11.4 Å². The van der Waals surface area contributed by atoms with Crippen molar-refractivity contribution in [1.29, 1.82) is 0 Å². The molecule has 3 aliphatic heterocycles. The van der Waals surface area contributed by atoms with Gasteiger partial charge in [-0.15, -0.1) is 0 Å². The molecule has 6 rings (SSSR count). The smallest absolute Gasteiger partial charge is 0.303 e. The van der Waals surface area contributed by atoms with Gasteiger partial charge >= 0.3 is 5.97 Å². The summed E-state index contributed by atoms with van der Waals surface area (Å²) in [5.74, 6) is -0.605. The third-order valence-corrected chi connectivity index (χ3v) is 7.54. The van der Waals surface area contributed by atoms with Gasteiger partial charge in [-0.05, 0) is 60.1 Å². The van der Waals surface area contributed by atoms with Crippen LogP contribution in [0.25, 0.3) is 11.6 Å². The van der Waals surface area contributed by atoms with Crippen LogP contribution in [0.1, 0.15) is 42.4 Å². The van der Waals surface area contributed by atoms with Crippen molar-refractivity contribution >= 4 is 23.3 Å². The minimum atomic E-state index is -0.691. The highest BCUT2D eigenvalue weighted by Gasteiger charge is 2.36. The van der Waals surface area contributed by atoms with Crippen LogP contribution < -0.4 is 5.43 Å². The first kappa shape index (κ1) is 20.4. The van der Waals surface area contributed by atoms with Crippen molar-refractivity contribution in [1.82, 2.24) is 15.2 Å². The Balaban J connectivity index is 1.29. The molecule has 6 nitrogen and oxygen atoms in total. The number of likely N-dealkylation sites (N-methyl/N-ethyl adjacent to an activating group) is 1. The summed E-state index contributed by atoms with van der Waals surface area (Å²) < 4.78 is 14.5. The van der Waals surface area contributed by atoms with Crippen LogP contribution in [-0.4, -0.2) is 59.3 Å². The van der Waals surface area contributed by atoms with Crippen molar-refractivity contribution in [2.45, 2.75) is 31.7 Å². The highest BCUT2D eigenvalue weighted by molar-refractivity contribution is 6.20. The molecule has 1 aromatic carbocycles. The molecular weight excluding hydrogens is 419 g/mol. The quantitative estimate of drug-likeness (QED) is 0.740. The minimum absolute atomic E-state index is 0.235. The van der Waals surface area contributed by atoms with E-state index in [9.17, 15) is 9.18 Å². The van der Waals surface area contributed by atoms with Crippen molar-refractivity contribution in [3.8, 4) is 0 Å². The lowest BCUT2D eigenvalue weighted by Gasteiger charge is -2.44. The number of benzene rings is 1. The Morgan fingerprint density at radius 1 is 1.30 bits per heavy atom. The van der Waals surface area contributed by atoms with Gasteiger partial charge in [0.15, 0.2) is 0 Å². The van der Waals surface area contributed by atoms with Gasteiger partial charge in [-0.3, -0.25) is 15.1 Å². The van der Waals surface area contributed by atoms with Gasteiger partial charge in [-0.1, -0.05) is 12.2 Å². The number of carbonyl (C=O) groups is 1. The number of hydrogen-bond acceptors (Lipinski definition) is 5. The number of allylic oxidation sites excluding steroid dienone is 2. The normalized spacial score (nSPS) is 25.9. The molecule has 33 heavy (non-hydrogen) atoms. The van der Waals surface area contributed by atoms with Crippen LogP contribution in [0.4, 0.5) is 4.39 Å². The molecule has 170 valence electrons. The first-order valence-electron chi connectivity index (χ1n) is 11.6. The molecule has 1 aromatic rings. The zero-order chi connectivity index (χ0) is 22.7. The van der Waals surface area contributed by atoms with Crippen LogP contribution in [-0.2, 0) is 4.79 Å². The van der Waals surface area contributed by atoms with Crippen molar-refractivity contribution in [3.05, 3.63) is 69.8 Å². The molecule has 5 aliphatic rings. The fraction of sp³-hybridized carbons (Fsp3) is 0.385. The maximum absolute atomic E-state index is 14.5. The molecular formula is C26H27FN4O2. The molecule has 0 spiro atoms.